The SMILES string of the molecule is COc1cccc(NC(=O)C(Sc2ccc(NC(=O)/C(=C/c3ccc(-c4ccccc4)cc3)NC(=O)c3ccccc3)cc2)c2ccccc2)c1. The van der Waals surface area contributed by atoms with Crippen molar-refractivity contribution in [3.05, 3.63) is 186 Å². The highest BCUT2D eigenvalue weighted by molar-refractivity contribution is 8.00. The summed E-state index contributed by atoms with van der Waals surface area (Å²) in [5, 5.41) is 8.17. The van der Waals surface area contributed by atoms with E-state index in [0.717, 1.165) is 27.1 Å². The van der Waals surface area contributed by atoms with Crippen molar-refractivity contribution < 1.29 is 19.1 Å². The molecule has 0 radical (unpaired) electrons. The van der Waals surface area contributed by atoms with Crippen molar-refractivity contribution in [2.24, 2.45) is 0 Å². The molecule has 51 heavy (non-hydrogen) atoms. The second-order valence-electron chi connectivity index (χ2n) is 11.5. The summed E-state index contributed by atoms with van der Waals surface area (Å²) in [4.78, 5) is 41.2. The van der Waals surface area contributed by atoms with E-state index in [4.69, 9.17) is 4.74 Å². The van der Waals surface area contributed by atoms with Crippen molar-refractivity contribution in [3.8, 4) is 16.9 Å². The first-order valence-electron chi connectivity index (χ1n) is 16.3. The fourth-order valence-corrected chi connectivity index (χ4v) is 6.30. The molecule has 0 aliphatic heterocycles. The Morgan fingerprint density at radius 2 is 1.25 bits per heavy atom. The molecule has 8 heteroatoms. The number of ether oxygens (including phenoxy) is 1. The lowest BCUT2D eigenvalue weighted by Gasteiger charge is -2.18. The number of benzene rings is 6. The van der Waals surface area contributed by atoms with E-state index < -0.39 is 17.1 Å². The average Bonchev–Trinajstić information content (AvgIpc) is 3.18. The van der Waals surface area contributed by atoms with Gasteiger partial charge in [0.1, 0.15) is 16.7 Å². The Morgan fingerprint density at radius 3 is 1.92 bits per heavy atom. The number of nitrogens with one attached hydrogen (secondary N) is 3. The molecule has 7 nitrogen and oxygen atoms in total. The van der Waals surface area contributed by atoms with Gasteiger partial charge in [0.25, 0.3) is 11.8 Å². The quantitative estimate of drug-likeness (QED) is 0.0880. The van der Waals surface area contributed by atoms with Crippen molar-refractivity contribution in [2.75, 3.05) is 17.7 Å². The summed E-state index contributed by atoms with van der Waals surface area (Å²) in [5.41, 5.74) is 5.40. The standard InChI is InChI=1S/C43H35N3O4S/c1-50-37-19-11-18-36(29-37)45-43(49)40(33-14-7-3-8-15-33)51-38-26-24-35(25-27-38)44-42(48)39(46-41(47)34-16-9-4-10-17-34)28-30-20-22-32(23-21-30)31-12-5-2-6-13-31/h2-29,40H,1H3,(H,44,48)(H,45,49)(H,46,47)/b39-28-. The van der Waals surface area contributed by atoms with Gasteiger partial charge in [0.15, 0.2) is 0 Å². The van der Waals surface area contributed by atoms with Crippen LogP contribution in [0.3, 0.4) is 0 Å². The molecule has 0 aliphatic rings. The van der Waals surface area contributed by atoms with Crippen molar-refractivity contribution >= 4 is 46.9 Å². The minimum Gasteiger partial charge on any atom is -0.497 e. The maximum absolute atomic E-state index is 13.7. The first-order valence-corrected chi connectivity index (χ1v) is 17.1. The van der Waals surface area contributed by atoms with E-state index in [0.29, 0.717) is 22.7 Å². The van der Waals surface area contributed by atoms with Gasteiger partial charge >= 0.3 is 0 Å². The minimum atomic E-state index is -0.547. The van der Waals surface area contributed by atoms with Crippen LogP contribution in [-0.2, 0) is 9.59 Å². The lowest BCUT2D eigenvalue weighted by Crippen LogP contribution is -2.30. The third kappa shape index (κ3) is 9.41. The van der Waals surface area contributed by atoms with Gasteiger partial charge in [0.05, 0.1) is 7.11 Å². The highest BCUT2D eigenvalue weighted by Gasteiger charge is 2.23. The molecular formula is C43H35N3O4S. The maximum atomic E-state index is 13.7. The monoisotopic (exact) mass is 689 g/mol. The number of anilines is 2. The number of hydrogen-bond acceptors (Lipinski definition) is 5. The molecule has 0 bridgehead atoms. The van der Waals surface area contributed by atoms with Gasteiger partial charge in [-0.3, -0.25) is 14.4 Å². The zero-order valence-corrected chi connectivity index (χ0v) is 28.6. The van der Waals surface area contributed by atoms with Crippen LogP contribution in [-0.4, -0.2) is 24.8 Å². The van der Waals surface area contributed by atoms with Crippen molar-refractivity contribution in [1.29, 1.82) is 0 Å². The van der Waals surface area contributed by atoms with Gasteiger partial charge < -0.3 is 20.7 Å². The van der Waals surface area contributed by atoms with Crippen molar-refractivity contribution in [3.63, 3.8) is 0 Å². The van der Waals surface area contributed by atoms with Crippen LogP contribution in [0.4, 0.5) is 11.4 Å². The lowest BCUT2D eigenvalue weighted by atomic mass is 10.0. The van der Waals surface area contributed by atoms with E-state index in [9.17, 15) is 14.4 Å². The molecule has 0 aromatic heterocycles. The summed E-state index contributed by atoms with van der Waals surface area (Å²) < 4.78 is 5.31. The molecule has 0 saturated carbocycles. The smallest absolute Gasteiger partial charge is 0.272 e. The van der Waals surface area contributed by atoms with Crippen LogP contribution in [0.1, 0.15) is 26.7 Å². The summed E-state index contributed by atoms with van der Waals surface area (Å²) in [6.45, 7) is 0. The molecule has 6 rings (SSSR count). The Hall–Kier alpha value is -6.38. The highest BCUT2D eigenvalue weighted by atomic mass is 32.2. The zero-order valence-electron chi connectivity index (χ0n) is 27.8. The molecule has 0 saturated heterocycles. The molecule has 6 aromatic rings. The maximum Gasteiger partial charge on any atom is 0.272 e. The van der Waals surface area contributed by atoms with Crippen LogP contribution >= 0.6 is 11.8 Å². The van der Waals surface area contributed by atoms with Gasteiger partial charge in [0, 0.05) is 27.9 Å². The Labute approximate surface area is 301 Å². The van der Waals surface area contributed by atoms with E-state index in [-0.39, 0.29) is 11.6 Å². The largest absolute Gasteiger partial charge is 0.497 e. The Balaban J connectivity index is 1.19. The second kappa shape index (κ2) is 16.8. The van der Waals surface area contributed by atoms with Crippen LogP contribution in [0, 0.1) is 0 Å². The van der Waals surface area contributed by atoms with Gasteiger partial charge in [-0.15, -0.1) is 11.8 Å². The number of hydrogen-bond donors (Lipinski definition) is 3. The third-order valence-corrected chi connectivity index (χ3v) is 9.17. The Kier molecular flexibility index (Phi) is 11.4. The summed E-state index contributed by atoms with van der Waals surface area (Å²) in [6, 6.07) is 50.5. The van der Waals surface area contributed by atoms with Crippen LogP contribution in [0.25, 0.3) is 17.2 Å². The Bertz CT molecular complexity index is 2120. The fourth-order valence-electron chi connectivity index (χ4n) is 5.27. The lowest BCUT2D eigenvalue weighted by molar-refractivity contribution is -0.116. The van der Waals surface area contributed by atoms with Gasteiger partial charge in [-0.1, -0.05) is 109 Å². The molecule has 1 unspecified atom stereocenters. The molecule has 1 atom stereocenters. The van der Waals surface area contributed by atoms with Gasteiger partial charge in [-0.25, -0.2) is 0 Å². The van der Waals surface area contributed by atoms with E-state index in [2.05, 4.69) is 16.0 Å². The molecular weight excluding hydrogens is 655 g/mol. The molecule has 252 valence electrons. The molecule has 0 spiro atoms. The number of thioether (sulfide) groups is 1. The summed E-state index contributed by atoms with van der Waals surface area (Å²) in [5.74, 6) is -0.416. The molecule has 0 aliphatic carbocycles. The van der Waals surface area contributed by atoms with Gasteiger partial charge in [-0.2, -0.15) is 0 Å². The predicted octanol–water partition coefficient (Wildman–Crippen LogP) is 9.24. The summed E-state index contributed by atoms with van der Waals surface area (Å²) >= 11 is 1.40. The van der Waals surface area contributed by atoms with Crippen LogP contribution in [0.2, 0.25) is 0 Å². The fraction of sp³-hybridized carbons (Fsp3) is 0.0465. The number of methoxy groups -OCH3 is 1. The van der Waals surface area contributed by atoms with Gasteiger partial charge in [-0.05, 0) is 76.9 Å². The third-order valence-electron chi connectivity index (χ3n) is 7.90. The minimum absolute atomic E-state index is 0.0909. The van der Waals surface area contributed by atoms with Crippen molar-refractivity contribution in [2.45, 2.75) is 10.1 Å². The van der Waals surface area contributed by atoms with E-state index >= 15 is 0 Å². The average molecular weight is 690 g/mol. The zero-order chi connectivity index (χ0) is 35.4. The molecule has 6 aromatic carbocycles. The first kappa shape index (κ1) is 34.5. The number of carbonyl (C=O) groups excluding carboxylic acids is 3. The topological polar surface area (TPSA) is 96.5 Å². The summed E-state index contributed by atoms with van der Waals surface area (Å²) in [7, 11) is 1.58. The predicted molar refractivity (Wildman–Crippen MR) is 205 cm³/mol. The second-order valence-corrected chi connectivity index (χ2v) is 12.7. The normalized spacial score (nSPS) is 11.6. The highest BCUT2D eigenvalue weighted by Crippen LogP contribution is 2.37. The van der Waals surface area contributed by atoms with Crippen LogP contribution in [0.15, 0.2) is 174 Å². The molecule has 3 N–H and O–H groups in total. The number of rotatable bonds is 12. The molecule has 3 amide bonds. The van der Waals surface area contributed by atoms with Crippen LogP contribution < -0.4 is 20.7 Å². The van der Waals surface area contributed by atoms with Crippen molar-refractivity contribution in [1.82, 2.24) is 5.32 Å². The summed E-state index contributed by atoms with van der Waals surface area (Å²) in [6.07, 6.45) is 1.65. The van der Waals surface area contributed by atoms with Crippen LogP contribution in [0.5, 0.6) is 5.75 Å². The molecule has 0 fully saturated rings. The molecule has 0 heterocycles. The number of amides is 3. The Morgan fingerprint density at radius 1 is 0.627 bits per heavy atom. The van der Waals surface area contributed by atoms with E-state index in [1.807, 2.05) is 121 Å². The first-order chi connectivity index (χ1) is 24.9. The van der Waals surface area contributed by atoms with E-state index in [1.54, 1.807) is 55.7 Å². The van der Waals surface area contributed by atoms with E-state index in [1.165, 1.54) is 11.8 Å². The number of carbonyl (C=O) groups is 3. The van der Waals surface area contributed by atoms with Gasteiger partial charge in [0.2, 0.25) is 5.91 Å².